The maximum absolute atomic E-state index is 14.0. The predicted octanol–water partition coefficient (Wildman–Crippen LogP) is 2.96. The number of methoxy groups -OCH3 is 1. The van der Waals surface area contributed by atoms with Crippen molar-refractivity contribution >= 4 is 0 Å². The fraction of sp³-hybridized carbons (Fsp3) is 0.500. The van der Waals surface area contributed by atoms with Gasteiger partial charge in [0.2, 0.25) is 0 Å². The van der Waals surface area contributed by atoms with E-state index in [1.54, 1.807) is 18.2 Å². The lowest BCUT2D eigenvalue weighted by molar-refractivity contribution is 0.214. The van der Waals surface area contributed by atoms with Crippen LogP contribution in [0.2, 0.25) is 0 Å². The molecule has 0 aromatic heterocycles. The van der Waals surface area contributed by atoms with E-state index in [9.17, 15) is 4.39 Å². The van der Waals surface area contributed by atoms with Gasteiger partial charge in [-0.3, -0.25) is 4.90 Å². The molecule has 0 aliphatic heterocycles. The maximum Gasteiger partial charge on any atom is 0.169 e. The number of rotatable bonds is 6. The minimum absolute atomic E-state index is 0.261. The zero-order chi connectivity index (χ0) is 13.5. The van der Waals surface area contributed by atoms with Crippen molar-refractivity contribution in [3.8, 4) is 11.8 Å². The van der Waals surface area contributed by atoms with E-state index in [-0.39, 0.29) is 17.6 Å². The summed E-state index contributed by atoms with van der Waals surface area (Å²) in [5.74, 6) is -0.0564. The van der Waals surface area contributed by atoms with Gasteiger partial charge in [-0.25, -0.2) is 4.39 Å². The van der Waals surface area contributed by atoms with Crippen LogP contribution < -0.4 is 4.74 Å². The lowest BCUT2D eigenvalue weighted by Crippen LogP contribution is -2.31. The van der Waals surface area contributed by atoms with Crippen LogP contribution in [0.25, 0.3) is 0 Å². The summed E-state index contributed by atoms with van der Waals surface area (Å²) in [6, 6.07) is 7.52. The molecule has 1 aromatic rings. The Morgan fingerprint density at radius 2 is 2.17 bits per heavy atom. The van der Waals surface area contributed by atoms with E-state index in [0.29, 0.717) is 25.1 Å². The molecule has 0 saturated heterocycles. The molecule has 18 heavy (non-hydrogen) atoms. The summed E-state index contributed by atoms with van der Waals surface area (Å²) in [7, 11) is 1.46. The Bertz CT molecular complexity index is 426. The van der Waals surface area contributed by atoms with Gasteiger partial charge in [-0.2, -0.15) is 5.26 Å². The molecule has 0 aliphatic carbocycles. The zero-order valence-electron chi connectivity index (χ0n) is 11.1. The van der Waals surface area contributed by atoms with Gasteiger partial charge in [0.1, 0.15) is 0 Å². The Balaban J connectivity index is 2.84. The lowest BCUT2D eigenvalue weighted by Gasteiger charge is -2.25. The molecule has 3 nitrogen and oxygen atoms in total. The highest BCUT2D eigenvalue weighted by Gasteiger charge is 2.14. The van der Waals surface area contributed by atoms with Crippen molar-refractivity contribution in [2.75, 3.05) is 13.7 Å². The molecule has 0 atom stereocenters. The van der Waals surface area contributed by atoms with Gasteiger partial charge in [0, 0.05) is 31.1 Å². The Morgan fingerprint density at radius 1 is 1.44 bits per heavy atom. The van der Waals surface area contributed by atoms with Crippen LogP contribution in [0.4, 0.5) is 4.39 Å². The van der Waals surface area contributed by atoms with Gasteiger partial charge in [-0.1, -0.05) is 12.1 Å². The van der Waals surface area contributed by atoms with E-state index < -0.39 is 0 Å². The summed E-state index contributed by atoms with van der Waals surface area (Å²) in [6.45, 7) is 5.21. The molecule has 0 heterocycles. The number of hydrogen-bond donors (Lipinski definition) is 0. The van der Waals surface area contributed by atoms with Crippen LogP contribution in [0.1, 0.15) is 25.8 Å². The Morgan fingerprint density at radius 3 is 2.72 bits per heavy atom. The molecule has 0 amide bonds. The third-order valence-corrected chi connectivity index (χ3v) is 2.88. The normalized spacial score (nSPS) is 10.7. The van der Waals surface area contributed by atoms with Crippen LogP contribution in [0.5, 0.6) is 5.75 Å². The molecule has 0 fully saturated rings. The van der Waals surface area contributed by atoms with Crippen LogP contribution in [0, 0.1) is 17.1 Å². The molecule has 1 aromatic carbocycles. The molecule has 1 rings (SSSR count). The van der Waals surface area contributed by atoms with Crippen LogP contribution in [-0.4, -0.2) is 24.6 Å². The van der Waals surface area contributed by atoms with Crippen molar-refractivity contribution in [1.82, 2.24) is 4.90 Å². The standard InChI is InChI=1S/C14H19FN2O/c1-11(2)17(9-5-8-16)10-12-6-4-7-13(18-3)14(12)15/h4,6-7,11H,5,9-10H2,1-3H3. The van der Waals surface area contributed by atoms with Gasteiger partial charge in [-0.15, -0.1) is 0 Å². The Hall–Kier alpha value is -1.60. The first kappa shape index (κ1) is 14.5. The van der Waals surface area contributed by atoms with Crippen molar-refractivity contribution in [2.24, 2.45) is 0 Å². The monoisotopic (exact) mass is 250 g/mol. The summed E-state index contributed by atoms with van der Waals surface area (Å²) in [4.78, 5) is 2.07. The number of halogens is 1. The summed E-state index contributed by atoms with van der Waals surface area (Å²) >= 11 is 0. The van der Waals surface area contributed by atoms with Gasteiger partial charge in [0.25, 0.3) is 0 Å². The molecule has 98 valence electrons. The average Bonchev–Trinajstić information content (AvgIpc) is 2.36. The first-order valence-corrected chi connectivity index (χ1v) is 6.02. The van der Waals surface area contributed by atoms with E-state index >= 15 is 0 Å². The zero-order valence-corrected chi connectivity index (χ0v) is 11.1. The van der Waals surface area contributed by atoms with E-state index in [2.05, 4.69) is 11.0 Å². The first-order chi connectivity index (χ1) is 8.60. The van der Waals surface area contributed by atoms with Gasteiger partial charge < -0.3 is 4.74 Å². The highest BCUT2D eigenvalue weighted by atomic mass is 19.1. The van der Waals surface area contributed by atoms with E-state index in [0.717, 1.165) is 0 Å². The van der Waals surface area contributed by atoms with E-state index in [1.165, 1.54) is 7.11 Å². The van der Waals surface area contributed by atoms with E-state index in [4.69, 9.17) is 10.00 Å². The molecule has 4 heteroatoms. The van der Waals surface area contributed by atoms with Crippen molar-refractivity contribution in [3.63, 3.8) is 0 Å². The molecule has 0 N–H and O–H groups in total. The average molecular weight is 250 g/mol. The topological polar surface area (TPSA) is 36.3 Å². The van der Waals surface area contributed by atoms with Crippen LogP contribution in [0.15, 0.2) is 18.2 Å². The quantitative estimate of drug-likeness (QED) is 0.778. The highest BCUT2D eigenvalue weighted by Crippen LogP contribution is 2.21. The molecular weight excluding hydrogens is 231 g/mol. The molecule has 0 unspecified atom stereocenters. The second kappa shape index (κ2) is 6.97. The minimum Gasteiger partial charge on any atom is -0.494 e. The number of hydrogen-bond acceptors (Lipinski definition) is 3. The Kier molecular flexibility index (Phi) is 5.60. The highest BCUT2D eigenvalue weighted by molar-refractivity contribution is 5.31. The van der Waals surface area contributed by atoms with E-state index in [1.807, 2.05) is 13.8 Å². The summed E-state index contributed by atoms with van der Waals surface area (Å²) in [5, 5.41) is 8.63. The molecule has 0 radical (unpaired) electrons. The first-order valence-electron chi connectivity index (χ1n) is 6.02. The second-order valence-corrected chi connectivity index (χ2v) is 4.41. The second-order valence-electron chi connectivity index (χ2n) is 4.41. The number of ether oxygens (including phenoxy) is 1. The third-order valence-electron chi connectivity index (χ3n) is 2.88. The van der Waals surface area contributed by atoms with Gasteiger partial charge in [0.15, 0.2) is 11.6 Å². The molecule has 0 saturated carbocycles. The third kappa shape index (κ3) is 3.71. The molecule has 0 aliphatic rings. The van der Waals surface area contributed by atoms with Crippen LogP contribution in [-0.2, 0) is 6.54 Å². The Labute approximate surface area is 108 Å². The fourth-order valence-corrected chi connectivity index (χ4v) is 1.77. The van der Waals surface area contributed by atoms with Gasteiger partial charge in [0.05, 0.1) is 13.2 Å². The van der Waals surface area contributed by atoms with Crippen molar-refractivity contribution in [1.29, 1.82) is 5.26 Å². The van der Waals surface area contributed by atoms with Crippen LogP contribution in [0.3, 0.4) is 0 Å². The SMILES string of the molecule is COc1cccc(CN(CCC#N)C(C)C)c1F. The predicted molar refractivity (Wildman–Crippen MR) is 68.7 cm³/mol. The lowest BCUT2D eigenvalue weighted by atomic mass is 10.1. The van der Waals surface area contributed by atoms with Crippen molar-refractivity contribution in [2.45, 2.75) is 32.9 Å². The van der Waals surface area contributed by atoms with Crippen molar-refractivity contribution in [3.05, 3.63) is 29.6 Å². The summed E-state index contributed by atoms with van der Waals surface area (Å²) in [5.41, 5.74) is 0.598. The summed E-state index contributed by atoms with van der Waals surface area (Å²) < 4.78 is 19.0. The summed E-state index contributed by atoms with van der Waals surface area (Å²) in [6.07, 6.45) is 0.448. The van der Waals surface area contributed by atoms with Gasteiger partial charge >= 0.3 is 0 Å². The smallest absolute Gasteiger partial charge is 0.169 e. The largest absolute Gasteiger partial charge is 0.494 e. The van der Waals surface area contributed by atoms with Gasteiger partial charge in [-0.05, 0) is 19.9 Å². The number of nitrogens with zero attached hydrogens (tertiary/aromatic N) is 2. The molecule has 0 spiro atoms. The number of nitriles is 1. The maximum atomic E-state index is 14.0. The fourth-order valence-electron chi connectivity index (χ4n) is 1.77. The minimum atomic E-state index is -0.317. The molecular formula is C14H19FN2O. The van der Waals surface area contributed by atoms with Crippen molar-refractivity contribution < 1.29 is 9.13 Å². The molecule has 0 bridgehead atoms. The van der Waals surface area contributed by atoms with Crippen LogP contribution >= 0.6 is 0 Å². The number of benzene rings is 1.